The number of benzene rings is 1. The summed E-state index contributed by atoms with van der Waals surface area (Å²) >= 11 is 6.34. The number of hydrogen-bond acceptors (Lipinski definition) is 4. The van der Waals surface area contributed by atoms with Gasteiger partial charge in [0, 0.05) is 16.9 Å². The molecule has 24 heavy (non-hydrogen) atoms. The molecule has 1 aromatic heterocycles. The maximum Gasteiger partial charge on any atom is 0.322 e. The molecule has 2 rings (SSSR count). The summed E-state index contributed by atoms with van der Waals surface area (Å²) in [7, 11) is 1.32. The Labute approximate surface area is 159 Å². The van der Waals surface area contributed by atoms with Crippen LogP contribution in [0.4, 0.5) is 0 Å². The third kappa shape index (κ3) is 5.08. The van der Waals surface area contributed by atoms with Gasteiger partial charge in [-0.05, 0) is 54.7 Å². The Balaban J connectivity index is 0.00000264. The number of carbonyl (C=O) groups excluding carboxylic acids is 1. The molecule has 7 heteroatoms. The van der Waals surface area contributed by atoms with Gasteiger partial charge in [0.15, 0.2) is 0 Å². The number of aryl methyl sites for hydroxylation is 1. The summed E-state index contributed by atoms with van der Waals surface area (Å²) in [4.78, 5) is 15.7. The van der Waals surface area contributed by atoms with Gasteiger partial charge < -0.3 is 10.5 Å². The lowest BCUT2D eigenvalue weighted by atomic mass is 9.97. The smallest absolute Gasteiger partial charge is 0.322 e. The largest absolute Gasteiger partial charge is 0.468 e. The third-order valence-electron chi connectivity index (χ3n) is 3.76. The van der Waals surface area contributed by atoms with Crippen LogP contribution in [0.5, 0.6) is 0 Å². The van der Waals surface area contributed by atoms with Crippen molar-refractivity contribution in [1.29, 1.82) is 0 Å². The first-order valence-electron chi connectivity index (χ1n) is 6.98. The summed E-state index contributed by atoms with van der Waals surface area (Å²) < 4.78 is 4.63. The van der Waals surface area contributed by atoms with Gasteiger partial charge in [-0.25, -0.2) is 0 Å². The van der Waals surface area contributed by atoms with E-state index in [1.54, 1.807) is 6.20 Å². The molecule has 1 atom stereocenters. The van der Waals surface area contributed by atoms with Crippen LogP contribution in [0.15, 0.2) is 30.5 Å². The quantitative estimate of drug-likeness (QED) is 0.803. The minimum absolute atomic E-state index is 0. The number of nitrogens with zero attached hydrogens (tertiary/aromatic N) is 1. The van der Waals surface area contributed by atoms with Crippen molar-refractivity contribution in [2.75, 3.05) is 7.11 Å². The van der Waals surface area contributed by atoms with Crippen LogP contribution >= 0.6 is 36.4 Å². The van der Waals surface area contributed by atoms with Gasteiger partial charge in [-0.3, -0.25) is 9.78 Å². The first kappa shape index (κ1) is 22.7. The average Bonchev–Trinajstić information content (AvgIpc) is 2.51. The van der Waals surface area contributed by atoms with Crippen LogP contribution < -0.4 is 5.73 Å². The normalized spacial score (nSPS) is 11.0. The molecule has 0 fully saturated rings. The Morgan fingerprint density at radius 2 is 1.96 bits per heavy atom. The Morgan fingerprint density at radius 3 is 2.54 bits per heavy atom. The molecule has 0 bridgehead atoms. The summed E-state index contributed by atoms with van der Waals surface area (Å²) in [5.74, 6) is -0.444. The number of pyridine rings is 1. The van der Waals surface area contributed by atoms with Gasteiger partial charge in [0.25, 0.3) is 0 Å². The minimum atomic E-state index is -0.710. The second-order valence-electron chi connectivity index (χ2n) is 5.21. The predicted octanol–water partition coefficient (Wildman–Crippen LogP) is 3.91. The number of methoxy groups -OCH3 is 1. The zero-order chi connectivity index (χ0) is 16.3. The van der Waals surface area contributed by atoms with E-state index in [4.69, 9.17) is 17.3 Å². The van der Waals surface area contributed by atoms with E-state index >= 15 is 0 Å². The molecule has 0 aliphatic heterocycles. The molecule has 0 saturated carbocycles. The van der Waals surface area contributed by atoms with Gasteiger partial charge in [0.05, 0.1) is 7.11 Å². The second-order valence-corrected chi connectivity index (χ2v) is 5.62. The second kappa shape index (κ2) is 9.84. The molecule has 0 aliphatic rings. The predicted molar refractivity (Wildman–Crippen MR) is 102 cm³/mol. The Bertz CT molecular complexity index is 708. The fourth-order valence-corrected chi connectivity index (χ4v) is 2.56. The molecule has 132 valence electrons. The number of aromatic nitrogens is 1. The minimum Gasteiger partial charge on any atom is -0.468 e. The standard InChI is InChI=1S/C17H19ClN2O2.2ClH/c1-10-11(2)20-7-6-14(10)12-4-5-13(15(18)8-12)9-16(19)17(21)22-3;;/h4-8,16H,9,19H2,1-3H3;2*1H/t16-;;/m0../s1. The number of ether oxygens (including phenoxy) is 1. The molecular formula is C17H21Cl3N2O2. The molecule has 0 saturated heterocycles. The van der Waals surface area contributed by atoms with Gasteiger partial charge in [0.2, 0.25) is 0 Å². The fraction of sp³-hybridized carbons (Fsp3) is 0.294. The van der Waals surface area contributed by atoms with Crippen LogP contribution in [0, 0.1) is 13.8 Å². The van der Waals surface area contributed by atoms with Crippen molar-refractivity contribution >= 4 is 42.4 Å². The fourth-order valence-electron chi connectivity index (χ4n) is 2.31. The van der Waals surface area contributed by atoms with Crippen molar-refractivity contribution in [3.8, 4) is 11.1 Å². The average molecular weight is 392 g/mol. The lowest BCUT2D eigenvalue weighted by Crippen LogP contribution is -2.33. The highest BCUT2D eigenvalue weighted by molar-refractivity contribution is 6.31. The van der Waals surface area contributed by atoms with Gasteiger partial charge >= 0.3 is 5.97 Å². The lowest BCUT2D eigenvalue weighted by molar-refractivity contribution is -0.142. The Morgan fingerprint density at radius 1 is 1.29 bits per heavy atom. The number of carbonyl (C=O) groups is 1. The topological polar surface area (TPSA) is 65.2 Å². The highest BCUT2D eigenvalue weighted by Crippen LogP contribution is 2.29. The van der Waals surface area contributed by atoms with E-state index in [0.717, 1.165) is 27.9 Å². The first-order valence-corrected chi connectivity index (χ1v) is 7.36. The Hall–Kier alpha value is -1.33. The lowest BCUT2D eigenvalue weighted by Gasteiger charge is -2.13. The van der Waals surface area contributed by atoms with Crippen LogP contribution in [0.25, 0.3) is 11.1 Å². The molecule has 4 nitrogen and oxygen atoms in total. The van der Waals surface area contributed by atoms with Crippen molar-refractivity contribution in [3.63, 3.8) is 0 Å². The van der Waals surface area contributed by atoms with Gasteiger partial charge in [0.1, 0.15) is 6.04 Å². The van der Waals surface area contributed by atoms with Crippen LogP contribution in [0.2, 0.25) is 5.02 Å². The molecular weight excluding hydrogens is 371 g/mol. The molecule has 1 heterocycles. The first-order chi connectivity index (χ1) is 10.4. The van der Waals surface area contributed by atoms with Crippen molar-refractivity contribution < 1.29 is 9.53 Å². The van der Waals surface area contributed by atoms with E-state index < -0.39 is 12.0 Å². The number of halogens is 3. The van der Waals surface area contributed by atoms with Crippen LogP contribution in [-0.2, 0) is 16.0 Å². The van der Waals surface area contributed by atoms with Crippen molar-refractivity contribution in [2.45, 2.75) is 26.3 Å². The monoisotopic (exact) mass is 390 g/mol. The summed E-state index contributed by atoms with van der Waals surface area (Å²) in [6, 6.07) is 7.03. The van der Waals surface area contributed by atoms with Crippen molar-refractivity contribution in [1.82, 2.24) is 4.98 Å². The molecule has 0 radical (unpaired) electrons. The van der Waals surface area contributed by atoms with Gasteiger partial charge in [-0.1, -0.05) is 23.7 Å². The number of nitrogens with two attached hydrogens (primary N) is 1. The van der Waals surface area contributed by atoms with Crippen LogP contribution in [0.3, 0.4) is 0 Å². The zero-order valence-electron chi connectivity index (χ0n) is 13.7. The zero-order valence-corrected chi connectivity index (χ0v) is 16.1. The molecule has 2 aromatic rings. The SMILES string of the molecule is COC(=O)[C@@H](N)Cc1ccc(-c2ccnc(C)c2C)cc1Cl.Cl.Cl. The van der Waals surface area contributed by atoms with Gasteiger partial charge in [-0.2, -0.15) is 0 Å². The van der Waals surface area contributed by atoms with Crippen molar-refractivity contribution in [2.24, 2.45) is 5.73 Å². The summed E-state index contributed by atoms with van der Waals surface area (Å²) in [6.07, 6.45) is 2.13. The summed E-state index contributed by atoms with van der Waals surface area (Å²) in [5, 5.41) is 0.589. The summed E-state index contributed by atoms with van der Waals surface area (Å²) in [6.45, 7) is 4.01. The van der Waals surface area contributed by atoms with Gasteiger partial charge in [-0.15, -0.1) is 24.8 Å². The highest BCUT2D eigenvalue weighted by atomic mass is 35.5. The number of rotatable bonds is 4. The van der Waals surface area contributed by atoms with E-state index in [2.05, 4.69) is 9.72 Å². The van der Waals surface area contributed by atoms with Crippen LogP contribution in [0.1, 0.15) is 16.8 Å². The molecule has 0 unspecified atom stereocenters. The van der Waals surface area contributed by atoms with E-state index in [1.807, 2.05) is 38.1 Å². The van der Waals surface area contributed by atoms with Crippen LogP contribution in [-0.4, -0.2) is 24.1 Å². The Kier molecular flexibility index (Phi) is 9.30. The molecule has 1 aromatic carbocycles. The molecule has 2 N–H and O–H groups in total. The maximum absolute atomic E-state index is 11.4. The van der Waals surface area contributed by atoms with E-state index in [0.29, 0.717) is 11.4 Å². The summed E-state index contributed by atoms with van der Waals surface area (Å²) in [5.41, 5.74) is 10.8. The van der Waals surface area contributed by atoms with Crippen molar-refractivity contribution in [3.05, 3.63) is 52.3 Å². The number of esters is 1. The van der Waals surface area contributed by atoms with E-state index in [-0.39, 0.29) is 24.8 Å². The third-order valence-corrected chi connectivity index (χ3v) is 4.12. The molecule has 0 spiro atoms. The number of hydrogen-bond donors (Lipinski definition) is 1. The van der Waals surface area contributed by atoms with E-state index in [1.165, 1.54) is 7.11 Å². The maximum atomic E-state index is 11.4. The highest BCUT2D eigenvalue weighted by Gasteiger charge is 2.16. The molecule has 0 aliphatic carbocycles. The van der Waals surface area contributed by atoms with E-state index in [9.17, 15) is 4.79 Å². The molecule has 0 amide bonds.